The molecule has 25 heavy (non-hydrogen) atoms. The number of pyridine rings is 1. The number of para-hydroxylation sites is 1. The third kappa shape index (κ3) is 3.52. The molecule has 1 aliphatic rings. The number of nitrogens with zero attached hydrogens (tertiary/aromatic N) is 4. The second-order valence-electron chi connectivity index (χ2n) is 5.49. The summed E-state index contributed by atoms with van der Waals surface area (Å²) in [6.45, 7) is 1.70. The van der Waals surface area contributed by atoms with E-state index in [0.717, 1.165) is 0 Å². The molecule has 0 N–H and O–H groups in total. The number of rotatable bonds is 3. The topological polar surface area (TPSA) is 79.6 Å². The second kappa shape index (κ2) is 7.25. The van der Waals surface area contributed by atoms with Crippen molar-refractivity contribution in [2.45, 2.75) is 0 Å². The van der Waals surface area contributed by atoms with Crippen molar-refractivity contribution in [3.8, 4) is 0 Å². The Kier molecular flexibility index (Phi) is 5.06. The third-order valence-corrected chi connectivity index (χ3v) is 4.64. The van der Waals surface area contributed by atoms with Crippen LogP contribution in [-0.2, 0) is 0 Å². The number of aromatic nitrogens is 1. The maximum absolute atomic E-state index is 12.6. The largest absolute Gasteiger partial charge is 0.361 e. The number of halogens is 2. The first kappa shape index (κ1) is 17.4. The first-order chi connectivity index (χ1) is 12.0. The lowest BCUT2D eigenvalue weighted by molar-refractivity contribution is -0.384. The highest BCUT2D eigenvalue weighted by Crippen LogP contribution is 2.36. The summed E-state index contributed by atoms with van der Waals surface area (Å²) in [5.74, 6) is -0.202. The molecular weight excluding hydrogens is 367 g/mol. The molecule has 1 aromatic heterocycles. The molecule has 0 saturated carbocycles. The molecule has 9 heteroatoms. The average Bonchev–Trinajstić information content (AvgIpc) is 2.61. The number of anilines is 1. The summed E-state index contributed by atoms with van der Waals surface area (Å²) in [7, 11) is 0. The lowest BCUT2D eigenvalue weighted by atomic mass is 10.2. The van der Waals surface area contributed by atoms with Crippen LogP contribution in [0.5, 0.6) is 0 Å². The van der Waals surface area contributed by atoms with Crippen molar-refractivity contribution in [1.29, 1.82) is 0 Å². The summed E-state index contributed by atoms with van der Waals surface area (Å²) < 4.78 is 0. The van der Waals surface area contributed by atoms with Crippen molar-refractivity contribution >= 4 is 40.5 Å². The van der Waals surface area contributed by atoms with Gasteiger partial charge in [0.15, 0.2) is 0 Å². The number of nitro groups is 1. The minimum atomic E-state index is -0.450. The van der Waals surface area contributed by atoms with E-state index in [1.807, 2.05) is 4.90 Å². The van der Waals surface area contributed by atoms with Gasteiger partial charge >= 0.3 is 0 Å². The van der Waals surface area contributed by atoms with Crippen LogP contribution in [0.3, 0.4) is 0 Å². The van der Waals surface area contributed by atoms with Crippen molar-refractivity contribution in [2.24, 2.45) is 0 Å². The molecule has 1 fully saturated rings. The minimum absolute atomic E-state index is 0.0393. The van der Waals surface area contributed by atoms with Crippen LogP contribution < -0.4 is 4.90 Å². The Morgan fingerprint density at radius 1 is 1.12 bits per heavy atom. The highest BCUT2D eigenvalue weighted by atomic mass is 35.5. The standard InChI is InChI=1S/C16H14Cl2N4O3/c17-12-4-1-5-13(22(24)25)14(12)20-7-9-21(10-8-20)16(23)11-3-2-6-19-15(11)18/h1-6H,7-10H2. The van der Waals surface area contributed by atoms with E-state index in [-0.39, 0.29) is 16.7 Å². The van der Waals surface area contributed by atoms with E-state index in [2.05, 4.69) is 4.98 Å². The van der Waals surface area contributed by atoms with Gasteiger partial charge in [0.1, 0.15) is 10.8 Å². The van der Waals surface area contributed by atoms with Gasteiger partial charge in [0.25, 0.3) is 11.6 Å². The molecule has 0 unspecified atom stereocenters. The fraction of sp³-hybridized carbons (Fsp3) is 0.250. The SMILES string of the molecule is O=C(c1cccnc1Cl)N1CCN(c2c(Cl)cccc2[N+](=O)[O-])CC1. The van der Waals surface area contributed by atoms with Gasteiger partial charge in [-0.05, 0) is 18.2 Å². The lowest BCUT2D eigenvalue weighted by Gasteiger charge is -2.36. The molecular formula is C16H14Cl2N4O3. The van der Waals surface area contributed by atoms with Crippen molar-refractivity contribution in [3.05, 3.63) is 62.4 Å². The Hall–Kier alpha value is -2.38. The number of piperazine rings is 1. The van der Waals surface area contributed by atoms with E-state index in [1.54, 1.807) is 29.2 Å². The van der Waals surface area contributed by atoms with Gasteiger partial charge in [-0.1, -0.05) is 29.3 Å². The molecule has 0 bridgehead atoms. The Balaban J connectivity index is 1.76. The maximum atomic E-state index is 12.6. The first-order valence-corrected chi connectivity index (χ1v) is 8.32. The Labute approximate surface area is 153 Å². The van der Waals surface area contributed by atoms with E-state index < -0.39 is 4.92 Å². The van der Waals surface area contributed by atoms with E-state index in [0.29, 0.717) is 42.5 Å². The molecule has 1 saturated heterocycles. The number of carbonyl (C=O) groups is 1. The fourth-order valence-corrected chi connectivity index (χ4v) is 3.30. The van der Waals surface area contributed by atoms with Gasteiger partial charge in [0.2, 0.25) is 0 Å². The van der Waals surface area contributed by atoms with Crippen molar-refractivity contribution in [1.82, 2.24) is 9.88 Å². The fourth-order valence-electron chi connectivity index (χ4n) is 2.81. The van der Waals surface area contributed by atoms with Crippen LogP contribution in [0.2, 0.25) is 10.2 Å². The molecule has 1 amide bonds. The van der Waals surface area contributed by atoms with Crippen LogP contribution in [0.25, 0.3) is 0 Å². The zero-order valence-electron chi connectivity index (χ0n) is 13.1. The summed E-state index contributed by atoms with van der Waals surface area (Å²) in [5, 5.41) is 11.7. The predicted octanol–water partition coefficient (Wildman–Crippen LogP) is 3.26. The maximum Gasteiger partial charge on any atom is 0.294 e. The molecule has 0 atom stereocenters. The van der Waals surface area contributed by atoms with Gasteiger partial charge in [-0.3, -0.25) is 14.9 Å². The van der Waals surface area contributed by atoms with Gasteiger partial charge in [0, 0.05) is 38.4 Å². The molecule has 3 rings (SSSR count). The van der Waals surface area contributed by atoms with Crippen LogP contribution in [0, 0.1) is 10.1 Å². The van der Waals surface area contributed by atoms with Crippen LogP contribution in [0.4, 0.5) is 11.4 Å². The highest BCUT2D eigenvalue weighted by Gasteiger charge is 2.28. The summed E-state index contributed by atoms with van der Waals surface area (Å²) in [5.41, 5.74) is 0.699. The van der Waals surface area contributed by atoms with Gasteiger partial charge in [-0.25, -0.2) is 4.98 Å². The Bertz CT molecular complexity index is 823. The lowest BCUT2D eigenvalue weighted by Crippen LogP contribution is -2.49. The number of hydrogen-bond donors (Lipinski definition) is 0. The highest BCUT2D eigenvalue weighted by molar-refractivity contribution is 6.34. The molecule has 0 radical (unpaired) electrons. The number of benzene rings is 1. The second-order valence-corrected chi connectivity index (χ2v) is 6.25. The summed E-state index contributed by atoms with van der Waals surface area (Å²) in [6, 6.07) is 7.88. The van der Waals surface area contributed by atoms with Crippen LogP contribution in [-0.4, -0.2) is 46.9 Å². The molecule has 1 aromatic carbocycles. The number of nitro benzene ring substituents is 1. The minimum Gasteiger partial charge on any atom is -0.361 e. The Morgan fingerprint density at radius 3 is 2.48 bits per heavy atom. The van der Waals surface area contributed by atoms with Crippen molar-refractivity contribution in [3.63, 3.8) is 0 Å². The van der Waals surface area contributed by atoms with E-state index >= 15 is 0 Å². The normalized spacial score (nSPS) is 14.5. The number of carbonyl (C=O) groups excluding carboxylic acids is 1. The van der Waals surface area contributed by atoms with Gasteiger partial charge in [-0.2, -0.15) is 0 Å². The summed E-state index contributed by atoms with van der Waals surface area (Å²) >= 11 is 12.1. The molecule has 2 aromatic rings. The number of hydrogen-bond acceptors (Lipinski definition) is 5. The predicted molar refractivity (Wildman–Crippen MR) is 95.5 cm³/mol. The molecule has 1 aliphatic heterocycles. The molecule has 0 spiro atoms. The van der Waals surface area contributed by atoms with Crippen LogP contribution in [0.15, 0.2) is 36.5 Å². The zero-order valence-corrected chi connectivity index (χ0v) is 14.6. The molecule has 0 aliphatic carbocycles. The van der Waals surface area contributed by atoms with Crippen molar-refractivity contribution < 1.29 is 9.72 Å². The van der Waals surface area contributed by atoms with Crippen LogP contribution >= 0.6 is 23.2 Å². The molecule has 7 nitrogen and oxygen atoms in total. The zero-order chi connectivity index (χ0) is 18.0. The van der Waals surface area contributed by atoms with E-state index in [4.69, 9.17) is 23.2 Å². The average molecular weight is 381 g/mol. The third-order valence-electron chi connectivity index (χ3n) is 4.03. The Morgan fingerprint density at radius 2 is 1.84 bits per heavy atom. The van der Waals surface area contributed by atoms with E-state index in [1.165, 1.54) is 12.3 Å². The van der Waals surface area contributed by atoms with Gasteiger partial charge < -0.3 is 9.80 Å². The smallest absolute Gasteiger partial charge is 0.294 e. The number of amides is 1. The monoisotopic (exact) mass is 380 g/mol. The quantitative estimate of drug-likeness (QED) is 0.463. The molecule has 2 heterocycles. The summed E-state index contributed by atoms with van der Waals surface area (Å²) in [4.78, 5) is 30.7. The molecule has 130 valence electrons. The van der Waals surface area contributed by atoms with Crippen molar-refractivity contribution in [2.75, 3.05) is 31.1 Å². The van der Waals surface area contributed by atoms with Gasteiger partial charge in [-0.15, -0.1) is 0 Å². The van der Waals surface area contributed by atoms with Crippen LogP contribution in [0.1, 0.15) is 10.4 Å². The first-order valence-electron chi connectivity index (χ1n) is 7.56. The summed E-state index contributed by atoms with van der Waals surface area (Å²) in [6.07, 6.45) is 1.52. The van der Waals surface area contributed by atoms with Gasteiger partial charge in [0.05, 0.1) is 15.5 Å². The van der Waals surface area contributed by atoms with E-state index in [9.17, 15) is 14.9 Å².